The summed E-state index contributed by atoms with van der Waals surface area (Å²) >= 11 is 1.56. The molecule has 0 unspecified atom stereocenters. The first kappa shape index (κ1) is 13.3. The molecule has 0 aromatic carbocycles. The average Bonchev–Trinajstić information content (AvgIpc) is 3.15. The van der Waals surface area contributed by atoms with Gasteiger partial charge in [-0.2, -0.15) is 0 Å². The van der Waals surface area contributed by atoms with E-state index < -0.39 is 0 Å². The van der Waals surface area contributed by atoms with Gasteiger partial charge < -0.3 is 9.64 Å². The summed E-state index contributed by atoms with van der Waals surface area (Å²) in [6.45, 7) is 1.76. The molecular formula is C14H17N3O3S. The molecule has 1 saturated carbocycles. The smallest absolute Gasteiger partial charge is 0.267 e. The van der Waals surface area contributed by atoms with Gasteiger partial charge in [0.25, 0.3) is 11.5 Å². The quantitative estimate of drug-likeness (QED) is 0.716. The van der Waals surface area contributed by atoms with Gasteiger partial charge in [-0.3, -0.25) is 14.2 Å². The van der Waals surface area contributed by atoms with Crippen LogP contribution >= 0.6 is 11.8 Å². The summed E-state index contributed by atoms with van der Waals surface area (Å²) in [7, 11) is 0. The SMILES string of the molecule is O=C(c1cnc2n(c1=O)CCS2)N1CCO[C@H]2CCC[C@H]21. The number of aromatic nitrogens is 2. The number of hydrogen-bond acceptors (Lipinski definition) is 5. The lowest BCUT2D eigenvalue weighted by Crippen LogP contribution is -2.52. The molecule has 1 saturated heterocycles. The van der Waals surface area contributed by atoms with Crippen molar-refractivity contribution in [2.75, 3.05) is 18.9 Å². The largest absolute Gasteiger partial charge is 0.374 e. The van der Waals surface area contributed by atoms with Crippen LogP contribution in [-0.2, 0) is 11.3 Å². The van der Waals surface area contributed by atoms with Crippen LogP contribution in [-0.4, -0.2) is 51.4 Å². The molecule has 2 fully saturated rings. The van der Waals surface area contributed by atoms with E-state index in [1.54, 1.807) is 16.3 Å². The van der Waals surface area contributed by atoms with Crippen molar-refractivity contribution in [2.45, 2.75) is 43.1 Å². The molecular weight excluding hydrogens is 290 g/mol. The van der Waals surface area contributed by atoms with Gasteiger partial charge >= 0.3 is 0 Å². The average molecular weight is 307 g/mol. The molecule has 112 valence electrons. The molecule has 7 heteroatoms. The molecule has 1 amide bonds. The number of hydrogen-bond donors (Lipinski definition) is 0. The zero-order valence-corrected chi connectivity index (χ0v) is 12.5. The molecule has 2 aliphatic heterocycles. The zero-order chi connectivity index (χ0) is 14.4. The van der Waals surface area contributed by atoms with E-state index in [0.717, 1.165) is 30.2 Å². The van der Waals surface area contributed by atoms with Gasteiger partial charge in [0, 0.05) is 25.0 Å². The van der Waals surface area contributed by atoms with Gasteiger partial charge in [-0.1, -0.05) is 11.8 Å². The molecule has 3 aliphatic rings. The molecule has 0 N–H and O–H groups in total. The van der Waals surface area contributed by atoms with Crippen LogP contribution in [0.5, 0.6) is 0 Å². The summed E-state index contributed by atoms with van der Waals surface area (Å²) in [5.41, 5.74) is 0.00448. The van der Waals surface area contributed by atoms with Crippen molar-refractivity contribution in [3.05, 3.63) is 22.1 Å². The number of carbonyl (C=O) groups excluding carboxylic acids is 1. The van der Waals surface area contributed by atoms with E-state index in [4.69, 9.17) is 4.74 Å². The van der Waals surface area contributed by atoms with Crippen molar-refractivity contribution in [3.63, 3.8) is 0 Å². The predicted molar refractivity (Wildman–Crippen MR) is 77.6 cm³/mol. The summed E-state index contributed by atoms with van der Waals surface area (Å²) in [6.07, 6.45) is 4.65. The van der Waals surface area contributed by atoms with Crippen molar-refractivity contribution >= 4 is 17.7 Å². The Labute approximate surface area is 126 Å². The molecule has 4 rings (SSSR count). The van der Waals surface area contributed by atoms with E-state index in [2.05, 4.69) is 4.98 Å². The van der Waals surface area contributed by atoms with Crippen LogP contribution in [0.15, 0.2) is 16.1 Å². The predicted octanol–water partition coefficient (Wildman–Crippen LogP) is 0.742. The molecule has 1 aromatic heterocycles. The van der Waals surface area contributed by atoms with Gasteiger partial charge in [0.2, 0.25) is 0 Å². The minimum absolute atomic E-state index is 0.123. The molecule has 1 aromatic rings. The summed E-state index contributed by atoms with van der Waals surface area (Å²) in [5, 5.41) is 0.720. The van der Waals surface area contributed by atoms with Crippen molar-refractivity contribution < 1.29 is 9.53 Å². The van der Waals surface area contributed by atoms with Crippen LogP contribution in [0.3, 0.4) is 0 Å². The fraction of sp³-hybridized carbons (Fsp3) is 0.643. The lowest BCUT2D eigenvalue weighted by Gasteiger charge is -2.37. The summed E-state index contributed by atoms with van der Waals surface area (Å²) in [4.78, 5) is 31.3. The van der Waals surface area contributed by atoms with Crippen LogP contribution in [0.4, 0.5) is 0 Å². The van der Waals surface area contributed by atoms with Gasteiger partial charge in [-0.25, -0.2) is 4.98 Å². The highest BCUT2D eigenvalue weighted by Gasteiger charge is 2.39. The van der Waals surface area contributed by atoms with Gasteiger partial charge in [0.15, 0.2) is 5.16 Å². The van der Waals surface area contributed by atoms with E-state index >= 15 is 0 Å². The van der Waals surface area contributed by atoms with Crippen molar-refractivity contribution in [3.8, 4) is 0 Å². The number of fused-ring (bicyclic) bond motifs is 2. The molecule has 1 aliphatic carbocycles. The fourth-order valence-corrected chi connectivity index (χ4v) is 4.41. The third-order valence-electron chi connectivity index (χ3n) is 4.53. The lowest BCUT2D eigenvalue weighted by atomic mass is 10.1. The number of amides is 1. The van der Waals surface area contributed by atoms with Crippen LogP contribution in [0.1, 0.15) is 29.6 Å². The van der Waals surface area contributed by atoms with E-state index in [-0.39, 0.29) is 29.2 Å². The number of ether oxygens (including phenoxy) is 1. The Kier molecular flexibility index (Phi) is 3.26. The highest BCUT2D eigenvalue weighted by Crippen LogP contribution is 2.30. The fourth-order valence-electron chi connectivity index (χ4n) is 3.50. The Morgan fingerprint density at radius 1 is 1.38 bits per heavy atom. The Morgan fingerprint density at radius 3 is 3.19 bits per heavy atom. The molecule has 0 radical (unpaired) electrons. The second kappa shape index (κ2) is 5.14. The summed E-state index contributed by atoms with van der Waals surface area (Å²) < 4.78 is 7.34. The van der Waals surface area contributed by atoms with E-state index in [0.29, 0.717) is 19.7 Å². The molecule has 3 heterocycles. The molecule has 0 bridgehead atoms. The number of nitrogens with zero attached hydrogens (tertiary/aromatic N) is 3. The second-order valence-corrected chi connectivity index (χ2v) is 6.73. The number of morpholine rings is 1. The maximum absolute atomic E-state index is 12.8. The summed E-state index contributed by atoms with van der Waals surface area (Å²) in [5.74, 6) is 0.669. The first-order valence-corrected chi connectivity index (χ1v) is 8.39. The van der Waals surface area contributed by atoms with Crippen molar-refractivity contribution in [1.82, 2.24) is 14.5 Å². The third kappa shape index (κ3) is 2.10. The van der Waals surface area contributed by atoms with Crippen LogP contribution in [0, 0.1) is 0 Å². The minimum Gasteiger partial charge on any atom is -0.374 e. The lowest BCUT2D eigenvalue weighted by molar-refractivity contribution is -0.0446. The molecule has 6 nitrogen and oxygen atoms in total. The Morgan fingerprint density at radius 2 is 2.29 bits per heavy atom. The van der Waals surface area contributed by atoms with E-state index in [1.165, 1.54) is 6.20 Å². The Balaban J connectivity index is 1.67. The highest BCUT2D eigenvalue weighted by molar-refractivity contribution is 7.99. The van der Waals surface area contributed by atoms with Gasteiger partial charge in [0.05, 0.1) is 18.8 Å². The third-order valence-corrected chi connectivity index (χ3v) is 5.50. The van der Waals surface area contributed by atoms with Crippen LogP contribution in [0.25, 0.3) is 0 Å². The van der Waals surface area contributed by atoms with Crippen LogP contribution < -0.4 is 5.56 Å². The number of rotatable bonds is 1. The molecule has 2 atom stereocenters. The minimum atomic E-state index is -0.198. The Bertz CT molecular complexity index is 645. The van der Waals surface area contributed by atoms with Gasteiger partial charge in [0.1, 0.15) is 5.56 Å². The van der Waals surface area contributed by atoms with E-state index in [9.17, 15) is 9.59 Å². The normalized spacial score (nSPS) is 27.5. The summed E-state index contributed by atoms with van der Waals surface area (Å²) in [6, 6.07) is 0.123. The number of carbonyl (C=O) groups is 1. The standard InChI is InChI=1S/C14H17N3O3S/c18-12(16-4-6-20-11-3-1-2-10(11)16)9-8-15-14-17(13(9)19)5-7-21-14/h8,10-11H,1-7H2/t10-,11+/m1/s1. The van der Waals surface area contributed by atoms with Crippen LogP contribution in [0.2, 0.25) is 0 Å². The van der Waals surface area contributed by atoms with Gasteiger partial charge in [-0.15, -0.1) is 0 Å². The maximum atomic E-state index is 12.8. The first-order valence-electron chi connectivity index (χ1n) is 7.41. The Hall–Kier alpha value is -1.34. The van der Waals surface area contributed by atoms with E-state index in [1.807, 2.05) is 4.90 Å². The monoisotopic (exact) mass is 307 g/mol. The highest BCUT2D eigenvalue weighted by atomic mass is 32.2. The first-order chi connectivity index (χ1) is 10.3. The second-order valence-electron chi connectivity index (χ2n) is 5.67. The number of thioether (sulfide) groups is 1. The van der Waals surface area contributed by atoms with Gasteiger partial charge in [-0.05, 0) is 19.3 Å². The zero-order valence-electron chi connectivity index (χ0n) is 11.7. The van der Waals surface area contributed by atoms with Crippen molar-refractivity contribution in [1.29, 1.82) is 0 Å². The molecule has 0 spiro atoms. The van der Waals surface area contributed by atoms with Crippen molar-refractivity contribution in [2.24, 2.45) is 0 Å². The maximum Gasteiger partial charge on any atom is 0.267 e. The topological polar surface area (TPSA) is 64.4 Å². The molecule has 21 heavy (non-hydrogen) atoms.